The molecule has 0 bridgehead atoms. The molecule has 1 aromatic heterocycles. The molecule has 0 unspecified atom stereocenters. The Morgan fingerprint density at radius 1 is 1.15 bits per heavy atom. The van der Waals surface area contributed by atoms with Crippen LogP contribution < -0.4 is 10.6 Å². The molecule has 0 atom stereocenters. The standard InChI is InChI=1S/C17H15N3O7/c1-10-8-13(20-27-10)19-15(22)9-26-17(25)11-2-4-12(5-3-11)18-14(21)6-7-16(23)24/h2-8H,9H2,1H3,(H,18,21)(H,23,24)(H,19,20,22). The monoisotopic (exact) mass is 373 g/mol. The summed E-state index contributed by atoms with van der Waals surface area (Å²) in [6, 6.07) is 7.15. The molecule has 2 aromatic rings. The van der Waals surface area contributed by atoms with Crippen molar-refractivity contribution in [2.45, 2.75) is 6.92 Å². The summed E-state index contributed by atoms with van der Waals surface area (Å²) in [7, 11) is 0. The number of carbonyl (C=O) groups excluding carboxylic acids is 3. The number of aryl methyl sites for hydroxylation is 1. The number of nitrogens with zero attached hydrogens (tertiary/aromatic N) is 1. The fourth-order valence-electron chi connectivity index (χ4n) is 1.84. The first-order valence-electron chi connectivity index (χ1n) is 7.56. The minimum atomic E-state index is -1.24. The van der Waals surface area contributed by atoms with E-state index in [1.165, 1.54) is 30.3 Å². The lowest BCUT2D eigenvalue weighted by Crippen LogP contribution is -2.21. The molecule has 0 radical (unpaired) electrons. The molecule has 0 aliphatic rings. The van der Waals surface area contributed by atoms with Crippen molar-refractivity contribution in [2.75, 3.05) is 17.2 Å². The number of benzene rings is 1. The van der Waals surface area contributed by atoms with E-state index in [9.17, 15) is 19.2 Å². The van der Waals surface area contributed by atoms with Crippen LogP contribution in [0.25, 0.3) is 0 Å². The van der Waals surface area contributed by atoms with Crippen molar-refractivity contribution < 1.29 is 33.5 Å². The SMILES string of the molecule is Cc1cc(NC(=O)COC(=O)c2ccc(NC(=O)C=CC(=O)O)cc2)no1. The van der Waals surface area contributed by atoms with E-state index in [0.717, 1.165) is 6.08 Å². The zero-order valence-electron chi connectivity index (χ0n) is 14.1. The van der Waals surface area contributed by atoms with Crippen molar-refractivity contribution in [3.05, 3.63) is 53.8 Å². The minimum Gasteiger partial charge on any atom is -0.478 e. The predicted octanol–water partition coefficient (Wildman–Crippen LogP) is 1.36. The number of aliphatic carboxylic acids is 1. The molecule has 1 heterocycles. The average molecular weight is 373 g/mol. The Bertz CT molecular complexity index is 884. The van der Waals surface area contributed by atoms with Crippen molar-refractivity contribution in [2.24, 2.45) is 0 Å². The molecule has 10 nitrogen and oxygen atoms in total. The van der Waals surface area contributed by atoms with Crippen LogP contribution in [0.15, 0.2) is 47.0 Å². The second-order valence-corrected chi connectivity index (χ2v) is 5.19. The third-order valence-electron chi connectivity index (χ3n) is 3.00. The van der Waals surface area contributed by atoms with E-state index < -0.39 is 30.4 Å². The first-order chi connectivity index (χ1) is 12.8. The van der Waals surface area contributed by atoms with Crippen molar-refractivity contribution in [1.82, 2.24) is 5.16 Å². The van der Waals surface area contributed by atoms with E-state index in [2.05, 4.69) is 15.8 Å². The highest BCUT2D eigenvalue weighted by molar-refractivity contribution is 6.02. The highest BCUT2D eigenvalue weighted by Gasteiger charge is 2.12. The van der Waals surface area contributed by atoms with Crippen LogP contribution in [-0.2, 0) is 19.1 Å². The molecule has 0 saturated heterocycles. The summed E-state index contributed by atoms with van der Waals surface area (Å²) in [6.45, 7) is 1.15. The number of carbonyl (C=O) groups is 4. The van der Waals surface area contributed by atoms with E-state index in [1.807, 2.05) is 0 Å². The Morgan fingerprint density at radius 2 is 1.85 bits per heavy atom. The lowest BCUT2D eigenvalue weighted by atomic mass is 10.2. The largest absolute Gasteiger partial charge is 0.478 e. The van der Waals surface area contributed by atoms with Gasteiger partial charge in [0.25, 0.3) is 5.91 Å². The Labute approximate surface area is 152 Å². The average Bonchev–Trinajstić information content (AvgIpc) is 3.03. The number of hydrogen-bond acceptors (Lipinski definition) is 7. The van der Waals surface area contributed by atoms with E-state index in [4.69, 9.17) is 14.4 Å². The van der Waals surface area contributed by atoms with Crippen LogP contribution in [-0.4, -0.2) is 40.6 Å². The zero-order chi connectivity index (χ0) is 19.8. The summed E-state index contributed by atoms with van der Waals surface area (Å²) < 4.78 is 9.67. The molecule has 1 aromatic carbocycles. The van der Waals surface area contributed by atoms with Crippen LogP contribution in [0, 0.1) is 6.92 Å². The number of nitrogens with one attached hydrogen (secondary N) is 2. The molecule has 0 spiro atoms. The number of ether oxygens (including phenoxy) is 1. The smallest absolute Gasteiger partial charge is 0.338 e. The summed E-state index contributed by atoms with van der Waals surface area (Å²) in [5, 5.41) is 16.8. The quantitative estimate of drug-likeness (QED) is 0.487. The maximum Gasteiger partial charge on any atom is 0.338 e. The van der Waals surface area contributed by atoms with E-state index in [0.29, 0.717) is 17.5 Å². The van der Waals surface area contributed by atoms with Gasteiger partial charge in [-0.25, -0.2) is 9.59 Å². The second-order valence-electron chi connectivity index (χ2n) is 5.19. The Morgan fingerprint density at radius 3 is 2.44 bits per heavy atom. The van der Waals surface area contributed by atoms with Crippen LogP contribution in [0.2, 0.25) is 0 Å². The topological polar surface area (TPSA) is 148 Å². The van der Waals surface area contributed by atoms with Crippen molar-refractivity contribution in [3.63, 3.8) is 0 Å². The molecular formula is C17H15N3O7. The fourth-order valence-corrected chi connectivity index (χ4v) is 1.84. The molecule has 140 valence electrons. The van der Waals surface area contributed by atoms with Gasteiger partial charge in [0, 0.05) is 23.9 Å². The van der Waals surface area contributed by atoms with Gasteiger partial charge in [0.05, 0.1) is 5.56 Å². The summed E-state index contributed by atoms with van der Waals surface area (Å²) in [6.07, 6.45) is 1.56. The number of anilines is 2. The van der Waals surface area contributed by atoms with Crippen LogP contribution >= 0.6 is 0 Å². The molecule has 27 heavy (non-hydrogen) atoms. The predicted molar refractivity (Wildman–Crippen MR) is 92.0 cm³/mol. The molecule has 2 rings (SSSR count). The van der Waals surface area contributed by atoms with Crippen LogP contribution in [0.4, 0.5) is 11.5 Å². The maximum atomic E-state index is 11.9. The Hall–Kier alpha value is -3.95. The van der Waals surface area contributed by atoms with E-state index in [1.54, 1.807) is 6.92 Å². The second kappa shape index (κ2) is 8.94. The molecule has 0 saturated carbocycles. The van der Waals surface area contributed by atoms with Gasteiger partial charge >= 0.3 is 11.9 Å². The molecule has 3 N–H and O–H groups in total. The Kier molecular flexibility index (Phi) is 6.42. The zero-order valence-corrected chi connectivity index (χ0v) is 14.1. The third kappa shape index (κ3) is 6.46. The third-order valence-corrected chi connectivity index (χ3v) is 3.00. The molecule has 0 aliphatic heterocycles. The van der Waals surface area contributed by atoms with Gasteiger partial charge in [-0.05, 0) is 31.2 Å². The first kappa shape index (κ1) is 19.4. The molecule has 2 amide bonds. The van der Waals surface area contributed by atoms with Gasteiger partial charge in [0.15, 0.2) is 12.4 Å². The number of esters is 1. The Balaban J connectivity index is 1.83. The van der Waals surface area contributed by atoms with Gasteiger partial charge in [-0.3, -0.25) is 9.59 Å². The summed E-state index contributed by atoms with van der Waals surface area (Å²) >= 11 is 0. The number of aromatic nitrogens is 1. The first-order valence-corrected chi connectivity index (χ1v) is 7.56. The van der Waals surface area contributed by atoms with Gasteiger partial charge in [-0.2, -0.15) is 0 Å². The van der Waals surface area contributed by atoms with Crippen LogP contribution in [0.5, 0.6) is 0 Å². The number of amides is 2. The van der Waals surface area contributed by atoms with Crippen LogP contribution in [0.1, 0.15) is 16.1 Å². The molecular weight excluding hydrogens is 358 g/mol. The summed E-state index contributed by atoms with van der Waals surface area (Å²) in [4.78, 5) is 45.4. The van der Waals surface area contributed by atoms with Gasteiger partial charge < -0.3 is 25.0 Å². The molecule has 0 aliphatic carbocycles. The summed E-state index contributed by atoms with van der Waals surface area (Å²) in [5.74, 6) is -2.45. The fraction of sp³-hybridized carbons (Fsp3) is 0.118. The lowest BCUT2D eigenvalue weighted by molar-refractivity contribution is -0.131. The highest BCUT2D eigenvalue weighted by Crippen LogP contribution is 2.11. The lowest BCUT2D eigenvalue weighted by Gasteiger charge is -2.06. The van der Waals surface area contributed by atoms with E-state index >= 15 is 0 Å². The molecule has 0 fully saturated rings. The minimum absolute atomic E-state index is 0.166. The van der Waals surface area contributed by atoms with Crippen molar-refractivity contribution in [3.8, 4) is 0 Å². The van der Waals surface area contributed by atoms with E-state index in [-0.39, 0.29) is 11.4 Å². The highest BCUT2D eigenvalue weighted by atomic mass is 16.5. The number of carboxylic acid groups (broad SMARTS) is 1. The van der Waals surface area contributed by atoms with Gasteiger partial charge in [-0.1, -0.05) is 5.16 Å². The van der Waals surface area contributed by atoms with Crippen molar-refractivity contribution in [1.29, 1.82) is 0 Å². The molecule has 10 heteroatoms. The number of hydrogen-bond donors (Lipinski definition) is 3. The number of carboxylic acids is 1. The van der Waals surface area contributed by atoms with Crippen LogP contribution in [0.3, 0.4) is 0 Å². The van der Waals surface area contributed by atoms with Gasteiger partial charge in [-0.15, -0.1) is 0 Å². The van der Waals surface area contributed by atoms with Gasteiger partial charge in [0.1, 0.15) is 5.76 Å². The summed E-state index contributed by atoms with van der Waals surface area (Å²) in [5.41, 5.74) is 0.518. The number of rotatable bonds is 7. The van der Waals surface area contributed by atoms with Gasteiger partial charge in [0.2, 0.25) is 5.91 Å². The maximum absolute atomic E-state index is 11.9. The normalized spacial score (nSPS) is 10.4. The van der Waals surface area contributed by atoms with Crippen molar-refractivity contribution >= 4 is 35.3 Å².